The molecule has 6 nitrogen and oxygen atoms in total. The molecule has 0 spiro atoms. The molecule has 1 aromatic rings. The Morgan fingerprint density at radius 2 is 1.96 bits per heavy atom. The van der Waals surface area contributed by atoms with Crippen LogP contribution < -0.4 is 10.6 Å². The van der Waals surface area contributed by atoms with Crippen molar-refractivity contribution in [1.82, 2.24) is 10.2 Å². The lowest BCUT2D eigenvalue weighted by Crippen LogP contribution is -2.44. The van der Waals surface area contributed by atoms with Gasteiger partial charge in [-0.05, 0) is 31.5 Å². The topological polar surface area (TPSA) is 78.5 Å². The third-order valence-electron chi connectivity index (χ3n) is 4.54. The van der Waals surface area contributed by atoms with Gasteiger partial charge in [-0.25, -0.2) is 9.18 Å². The molecule has 2 N–H and O–H groups in total. The summed E-state index contributed by atoms with van der Waals surface area (Å²) in [5, 5.41) is 5.19. The van der Waals surface area contributed by atoms with Crippen LogP contribution in [0.15, 0.2) is 24.3 Å². The second-order valence-electron chi connectivity index (χ2n) is 6.88. The fourth-order valence-corrected chi connectivity index (χ4v) is 3.05. The van der Waals surface area contributed by atoms with Gasteiger partial charge >= 0.3 is 6.03 Å². The Labute approximate surface area is 153 Å². The van der Waals surface area contributed by atoms with Gasteiger partial charge in [-0.15, -0.1) is 0 Å². The predicted octanol–water partition coefficient (Wildman–Crippen LogP) is 3.44. The van der Waals surface area contributed by atoms with E-state index in [-0.39, 0.29) is 5.69 Å². The second-order valence-corrected chi connectivity index (χ2v) is 6.88. The smallest absolute Gasteiger partial charge is 0.324 e. The first-order valence-electron chi connectivity index (χ1n) is 9.05. The summed E-state index contributed by atoms with van der Waals surface area (Å²) >= 11 is 0. The van der Waals surface area contributed by atoms with Gasteiger partial charge in [0.1, 0.15) is 17.9 Å². The second kappa shape index (κ2) is 8.78. The maximum atomic E-state index is 13.2. The standard InChI is InChI=1S/C19H26FN3O3/c1-3-4-5-6-7-11-19(2)17(25)23(18(26)22-19)13-16(24)21-15-10-8-9-14(20)12-15/h8-10,12H,3-7,11,13H2,1-2H3,(H,21,24)(H,22,26)/t19-/m1/s1. The van der Waals surface area contributed by atoms with E-state index in [1.54, 1.807) is 6.92 Å². The number of benzene rings is 1. The first kappa shape index (κ1) is 19.9. The Morgan fingerprint density at radius 3 is 2.65 bits per heavy atom. The lowest BCUT2D eigenvalue weighted by molar-refractivity contribution is -0.133. The van der Waals surface area contributed by atoms with E-state index in [0.29, 0.717) is 6.42 Å². The van der Waals surface area contributed by atoms with Crippen LogP contribution in [0.4, 0.5) is 14.9 Å². The van der Waals surface area contributed by atoms with Gasteiger partial charge in [0.15, 0.2) is 0 Å². The monoisotopic (exact) mass is 363 g/mol. The third kappa shape index (κ3) is 5.03. The molecule has 4 amide bonds. The van der Waals surface area contributed by atoms with Gasteiger partial charge < -0.3 is 10.6 Å². The average molecular weight is 363 g/mol. The van der Waals surface area contributed by atoms with E-state index in [1.807, 2.05) is 0 Å². The van der Waals surface area contributed by atoms with Crippen molar-refractivity contribution in [1.29, 1.82) is 0 Å². The van der Waals surface area contributed by atoms with Gasteiger partial charge in [0.05, 0.1) is 0 Å². The number of urea groups is 1. The minimum Gasteiger partial charge on any atom is -0.324 e. The summed E-state index contributed by atoms with van der Waals surface area (Å²) in [6.45, 7) is 3.43. The van der Waals surface area contributed by atoms with Gasteiger partial charge in [-0.2, -0.15) is 0 Å². The Hall–Kier alpha value is -2.44. The molecule has 0 bridgehead atoms. The highest BCUT2D eigenvalue weighted by atomic mass is 19.1. The van der Waals surface area contributed by atoms with Gasteiger partial charge in [0.25, 0.3) is 5.91 Å². The van der Waals surface area contributed by atoms with Crippen molar-refractivity contribution in [3.05, 3.63) is 30.1 Å². The molecule has 1 atom stereocenters. The van der Waals surface area contributed by atoms with Crippen LogP contribution in [-0.2, 0) is 9.59 Å². The molecule has 1 saturated heterocycles. The Kier molecular flexibility index (Phi) is 6.71. The summed E-state index contributed by atoms with van der Waals surface area (Å²) in [6.07, 6.45) is 5.79. The maximum Gasteiger partial charge on any atom is 0.325 e. The van der Waals surface area contributed by atoms with E-state index >= 15 is 0 Å². The maximum absolute atomic E-state index is 13.2. The zero-order chi connectivity index (χ0) is 19.2. The molecule has 7 heteroatoms. The number of rotatable bonds is 9. The van der Waals surface area contributed by atoms with Crippen LogP contribution in [0.1, 0.15) is 52.4 Å². The Bertz CT molecular complexity index is 680. The molecule has 0 aromatic heterocycles. The van der Waals surface area contributed by atoms with E-state index in [2.05, 4.69) is 17.6 Å². The lowest BCUT2D eigenvalue weighted by atomic mass is 9.94. The molecule has 1 heterocycles. The number of hydrogen-bond donors (Lipinski definition) is 2. The number of nitrogens with one attached hydrogen (secondary N) is 2. The number of nitrogens with zero attached hydrogens (tertiary/aromatic N) is 1. The lowest BCUT2D eigenvalue weighted by Gasteiger charge is -2.21. The van der Waals surface area contributed by atoms with Crippen LogP contribution in [0.5, 0.6) is 0 Å². The summed E-state index contributed by atoms with van der Waals surface area (Å²) in [6, 6.07) is 4.87. The number of anilines is 1. The summed E-state index contributed by atoms with van der Waals surface area (Å²) in [4.78, 5) is 37.8. The Morgan fingerprint density at radius 1 is 1.23 bits per heavy atom. The van der Waals surface area contributed by atoms with Crippen LogP contribution >= 0.6 is 0 Å². The third-order valence-corrected chi connectivity index (χ3v) is 4.54. The number of hydrogen-bond acceptors (Lipinski definition) is 3. The molecule has 142 valence electrons. The molecular weight excluding hydrogens is 337 g/mol. The van der Waals surface area contributed by atoms with Crippen molar-refractivity contribution in [3.63, 3.8) is 0 Å². The molecule has 0 saturated carbocycles. The predicted molar refractivity (Wildman–Crippen MR) is 97.1 cm³/mol. The van der Waals surface area contributed by atoms with E-state index in [0.717, 1.165) is 37.0 Å². The Balaban J connectivity index is 1.90. The highest BCUT2D eigenvalue weighted by Gasteiger charge is 2.47. The molecule has 2 rings (SSSR count). The van der Waals surface area contributed by atoms with E-state index in [9.17, 15) is 18.8 Å². The molecule has 0 aliphatic carbocycles. The summed E-state index contributed by atoms with van der Waals surface area (Å²) in [7, 11) is 0. The summed E-state index contributed by atoms with van der Waals surface area (Å²) in [5.41, 5.74) is -0.691. The van der Waals surface area contributed by atoms with E-state index in [1.165, 1.54) is 24.3 Å². The number of imide groups is 1. The highest BCUT2D eigenvalue weighted by Crippen LogP contribution is 2.24. The SMILES string of the molecule is CCCCCCC[C@@]1(C)NC(=O)N(CC(=O)Nc2cccc(F)c2)C1=O. The van der Waals surface area contributed by atoms with Crippen molar-refractivity contribution in [2.45, 2.75) is 57.9 Å². The molecule has 26 heavy (non-hydrogen) atoms. The van der Waals surface area contributed by atoms with Crippen LogP contribution in [0, 0.1) is 5.82 Å². The summed E-state index contributed by atoms with van der Waals surface area (Å²) < 4.78 is 13.2. The minimum atomic E-state index is -0.970. The fourth-order valence-electron chi connectivity index (χ4n) is 3.05. The molecule has 1 aliphatic heterocycles. The van der Waals surface area contributed by atoms with Crippen molar-refractivity contribution in [2.24, 2.45) is 0 Å². The van der Waals surface area contributed by atoms with E-state index < -0.39 is 35.7 Å². The molecule has 0 radical (unpaired) electrons. The van der Waals surface area contributed by atoms with Crippen LogP contribution in [0.3, 0.4) is 0 Å². The van der Waals surface area contributed by atoms with Gasteiger partial charge in [-0.1, -0.05) is 45.1 Å². The van der Waals surface area contributed by atoms with Gasteiger partial charge in [0.2, 0.25) is 5.91 Å². The zero-order valence-corrected chi connectivity index (χ0v) is 15.3. The first-order chi connectivity index (χ1) is 12.4. The number of amides is 4. The molecule has 1 aliphatic rings. The first-order valence-corrected chi connectivity index (χ1v) is 9.05. The minimum absolute atomic E-state index is 0.278. The van der Waals surface area contributed by atoms with Crippen molar-refractivity contribution in [2.75, 3.05) is 11.9 Å². The molecule has 1 aromatic carbocycles. The van der Waals surface area contributed by atoms with Crippen molar-refractivity contribution < 1.29 is 18.8 Å². The normalized spacial score (nSPS) is 19.6. The number of halogens is 1. The average Bonchev–Trinajstić information content (AvgIpc) is 2.78. The summed E-state index contributed by atoms with van der Waals surface area (Å²) in [5.74, 6) is -1.42. The van der Waals surface area contributed by atoms with E-state index in [4.69, 9.17) is 0 Å². The molecule has 0 unspecified atom stereocenters. The van der Waals surface area contributed by atoms with Crippen molar-refractivity contribution in [3.8, 4) is 0 Å². The van der Waals surface area contributed by atoms with Crippen LogP contribution in [0.25, 0.3) is 0 Å². The van der Waals surface area contributed by atoms with Gasteiger partial charge in [-0.3, -0.25) is 14.5 Å². The number of unbranched alkanes of at least 4 members (excludes halogenated alkanes) is 4. The highest BCUT2D eigenvalue weighted by molar-refractivity contribution is 6.09. The number of carbonyl (C=O) groups excluding carboxylic acids is 3. The van der Waals surface area contributed by atoms with Crippen LogP contribution in [-0.4, -0.2) is 34.8 Å². The van der Waals surface area contributed by atoms with Crippen molar-refractivity contribution >= 4 is 23.5 Å². The molecular formula is C19H26FN3O3. The zero-order valence-electron chi connectivity index (χ0n) is 15.3. The van der Waals surface area contributed by atoms with Gasteiger partial charge in [0, 0.05) is 5.69 Å². The number of carbonyl (C=O) groups is 3. The fraction of sp³-hybridized carbons (Fsp3) is 0.526. The quantitative estimate of drug-likeness (QED) is 0.521. The largest absolute Gasteiger partial charge is 0.325 e. The molecule has 1 fully saturated rings. The van der Waals surface area contributed by atoms with Crippen LogP contribution in [0.2, 0.25) is 0 Å².